The van der Waals surface area contributed by atoms with Crippen LogP contribution < -0.4 is 10.1 Å². The zero-order chi connectivity index (χ0) is 16.0. The molecule has 1 aromatic rings. The minimum absolute atomic E-state index is 0.131. The Morgan fingerprint density at radius 3 is 2.43 bits per heavy atom. The molecule has 1 amide bonds. The lowest BCUT2D eigenvalue weighted by Gasteiger charge is -2.25. The van der Waals surface area contributed by atoms with Gasteiger partial charge < -0.3 is 10.1 Å². The number of carbonyl (C=O) groups excluding carboxylic acids is 1. The van der Waals surface area contributed by atoms with E-state index in [1.807, 2.05) is 0 Å². The fourth-order valence-electron chi connectivity index (χ4n) is 2.26. The van der Waals surface area contributed by atoms with Gasteiger partial charge in [0, 0.05) is 6.54 Å². The Kier molecular flexibility index (Phi) is 6.96. The number of hydrogen-bond acceptors (Lipinski definition) is 2. The van der Waals surface area contributed by atoms with E-state index in [2.05, 4.69) is 33.0 Å². The van der Waals surface area contributed by atoms with E-state index in [-0.39, 0.29) is 17.5 Å². The summed E-state index contributed by atoms with van der Waals surface area (Å²) >= 11 is 5.83. The number of ether oxygens (including phenoxy) is 1. The summed E-state index contributed by atoms with van der Waals surface area (Å²) in [5, 5.41) is 3.02. The Morgan fingerprint density at radius 1 is 1.29 bits per heavy atom. The van der Waals surface area contributed by atoms with Crippen molar-refractivity contribution in [3.05, 3.63) is 29.0 Å². The van der Waals surface area contributed by atoms with E-state index >= 15 is 0 Å². The van der Waals surface area contributed by atoms with Crippen LogP contribution in [0, 0.1) is 23.6 Å². The second-order valence-electron chi connectivity index (χ2n) is 5.82. The Morgan fingerprint density at radius 2 is 1.90 bits per heavy atom. The Bertz CT molecular complexity index is 469. The molecular weight excluding hydrogens is 293 g/mol. The summed E-state index contributed by atoms with van der Waals surface area (Å²) in [4.78, 5) is 11.8. The van der Waals surface area contributed by atoms with Crippen LogP contribution in [0.3, 0.4) is 0 Å². The summed E-state index contributed by atoms with van der Waals surface area (Å²) < 4.78 is 18.2. The van der Waals surface area contributed by atoms with Crippen molar-refractivity contribution in [2.24, 2.45) is 17.8 Å². The Labute approximate surface area is 130 Å². The number of rotatable bonds is 7. The van der Waals surface area contributed by atoms with Crippen LogP contribution in [-0.4, -0.2) is 19.1 Å². The van der Waals surface area contributed by atoms with Crippen molar-refractivity contribution in [3.63, 3.8) is 0 Å². The fraction of sp³-hybridized carbons (Fsp3) is 0.562. The van der Waals surface area contributed by atoms with Crippen molar-refractivity contribution in [2.75, 3.05) is 13.2 Å². The van der Waals surface area contributed by atoms with Gasteiger partial charge in [0.15, 0.2) is 6.61 Å². The van der Waals surface area contributed by atoms with Gasteiger partial charge in [-0.15, -0.1) is 0 Å². The van der Waals surface area contributed by atoms with E-state index in [4.69, 9.17) is 16.3 Å². The number of carbonyl (C=O) groups is 1. The Balaban J connectivity index is 2.44. The molecule has 0 radical (unpaired) electrons. The minimum Gasteiger partial charge on any atom is -0.482 e. The lowest BCUT2D eigenvalue weighted by Crippen LogP contribution is -2.36. The SMILES string of the molecule is CC(C)C(CNC(=O)COc1ccc(F)cc1Cl)C(C)C. The van der Waals surface area contributed by atoms with Gasteiger partial charge in [-0.05, 0) is 36.0 Å². The highest BCUT2D eigenvalue weighted by molar-refractivity contribution is 6.32. The zero-order valence-corrected chi connectivity index (χ0v) is 13.7. The van der Waals surface area contributed by atoms with Gasteiger partial charge in [-0.2, -0.15) is 0 Å². The molecule has 1 N–H and O–H groups in total. The number of hydrogen-bond donors (Lipinski definition) is 1. The highest BCUT2D eigenvalue weighted by Gasteiger charge is 2.18. The summed E-state index contributed by atoms with van der Waals surface area (Å²) in [5.74, 6) is 1.08. The van der Waals surface area contributed by atoms with Crippen LogP contribution in [0.4, 0.5) is 4.39 Å². The number of benzene rings is 1. The first-order valence-electron chi connectivity index (χ1n) is 7.15. The van der Waals surface area contributed by atoms with Crippen LogP contribution in [0.2, 0.25) is 5.02 Å². The quantitative estimate of drug-likeness (QED) is 0.828. The molecule has 1 rings (SSSR count). The molecule has 0 aliphatic heterocycles. The van der Waals surface area contributed by atoms with Crippen LogP contribution in [0.5, 0.6) is 5.75 Å². The lowest BCUT2D eigenvalue weighted by molar-refractivity contribution is -0.123. The zero-order valence-electron chi connectivity index (χ0n) is 13.0. The maximum atomic E-state index is 12.9. The van der Waals surface area contributed by atoms with Gasteiger partial charge in [-0.1, -0.05) is 39.3 Å². The highest BCUT2D eigenvalue weighted by Crippen LogP contribution is 2.24. The summed E-state index contributed by atoms with van der Waals surface area (Å²) in [6.07, 6.45) is 0. The monoisotopic (exact) mass is 315 g/mol. The molecule has 0 saturated carbocycles. The molecule has 21 heavy (non-hydrogen) atoms. The van der Waals surface area contributed by atoms with Crippen LogP contribution in [-0.2, 0) is 4.79 Å². The third-order valence-electron chi connectivity index (χ3n) is 3.50. The van der Waals surface area contributed by atoms with Gasteiger partial charge in [0.1, 0.15) is 11.6 Å². The summed E-state index contributed by atoms with van der Waals surface area (Å²) in [7, 11) is 0. The van der Waals surface area contributed by atoms with Crippen LogP contribution in [0.25, 0.3) is 0 Å². The van der Waals surface area contributed by atoms with Crippen molar-refractivity contribution in [1.82, 2.24) is 5.32 Å². The van der Waals surface area contributed by atoms with Gasteiger partial charge in [0.25, 0.3) is 5.91 Å². The fourth-order valence-corrected chi connectivity index (χ4v) is 2.48. The summed E-state index contributed by atoms with van der Waals surface area (Å²) in [5.41, 5.74) is 0. The van der Waals surface area contributed by atoms with E-state index in [1.165, 1.54) is 12.1 Å². The van der Waals surface area contributed by atoms with Crippen LogP contribution >= 0.6 is 11.6 Å². The predicted molar refractivity (Wildman–Crippen MR) is 83.1 cm³/mol. The Hall–Kier alpha value is -1.29. The first-order valence-corrected chi connectivity index (χ1v) is 7.53. The van der Waals surface area contributed by atoms with Crippen molar-refractivity contribution in [3.8, 4) is 5.75 Å². The van der Waals surface area contributed by atoms with Crippen molar-refractivity contribution >= 4 is 17.5 Å². The number of nitrogens with one attached hydrogen (secondary N) is 1. The van der Waals surface area contributed by atoms with Crippen molar-refractivity contribution in [2.45, 2.75) is 27.7 Å². The molecule has 0 bridgehead atoms. The van der Waals surface area contributed by atoms with Gasteiger partial charge in [0.05, 0.1) is 5.02 Å². The highest BCUT2D eigenvalue weighted by atomic mass is 35.5. The predicted octanol–water partition coefficient (Wildman–Crippen LogP) is 3.90. The van der Waals surface area contributed by atoms with E-state index in [0.717, 1.165) is 6.07 Å². The second-order valence-corrected chi connectivity index (χ2v) is 6.23. The number of amides is 1. The molecule has 0 saturated heterocycles. The molecule has 0 heterocycles. The molecule has 118 valence electrons. The smallest absolute Gasteiger partial charge is 0.257 e. The topological polar surface area (TPSA) is 38.3 Å². The van der Waals surface area contributed by atoms with Crippen LogP contribution in [0.1, 0.15) is 27.7 Å². The molecule has 0 atom stereocenters. The normalized spacial score (nSPS) is 11.3. The van der Waals surface area contributed by atoms with Crippen molar-refractivity contribution < 1.29 is 13.9 Å². The second kappa shape index (κ2) is 8.23. The maximum absolute atomic E-state index is 12.9. The van der Waals surface area contributed by atoms with E-state index < -0.39 is 5.82 Å². The first-order chi connectivity index (χ1) is 9.81. The third-order valence-corrected chi connectivity index (χ3v) is 3.80. The molecule has 1 aromatic carbocycles. The van der Waals surface area contributed by atoms with Gasteiger partial charge in [-0.25, -0.2) is 4.39 Å². The molecule has 0 unspecified atom stereocenters. The van der Waals surface area contributed by atoms with Crippen molar-refractivity contribution in [1.29, 1.82) is 0 Å². The molecule has 3 nitrogen and oxygen atoms in total. The van der Waals surface area contributed by atoms with Gasteiger partial charge >= 0.3 is 0 Å². The third kappa shape index (κ3) is 5.92. The average Bonchev–Trinajstić information content (AvgIpc) is 2.37. The minimum atomic E-state index is -0.437. The molecular formula is C16H23ClFNO2. The molecule has 0 fully saturated rings. The molecule has 0 aliphatic rings. The standard InChI is InChI=1S/C16H23ClFNO2/c1-10(2)13(11(3)4)8-19-16(20)9-21-15-6-5-12(18)7-14(15)17/h5-7,10-11,13H,8-9H2,1-4H3,(H,19,20). The van der Waals surface area contributed by atoms with E-state index in [1.54, 1.807) is 0 Å². The molecule has 0 spiro atoms. The summed E-state index contributed by atoms with van der Waals surface area (Å²) in [6.45, 7) is 9.07. The van der Waals surface area contributed by atoms with E-state index in [9.17, 15) is 9.18 Å². The van der Waals surface area contributed by atoms with Gasteiger partial charge in [-0.3, -0.25) is 4.79 Å². The van der Waals surface area contributed by atoms with Gasteiger partial charge in [0.2, 0.25) is 0 Å². The largest absolute Gasteiger partial charge is 0.482 e. The van der Waals surface area contributed by atoms with Crippen LogP contribution in [0.15, 0.2) is 18.2 Å². The lowest BCUT2D eigenvalue weighted by atomic mass is 9.85. The maximum Gasteiger partial charge on any atom is 0.257 e. The molecule has 5 heteroatoms. The first kappa shape index (κ1) is 17.8. The summed E-state index contributed by atoms with van der Waals surface area (Å²) in [6, 6.07) is 3.81. The average molecular weight is 316 g/mol. The van der Waals surface area contributed by atoms with E-state index in [0.29, 0.717) is 30.0 Å². The number of halogens is 2. The molecule has 0 aliphatic carbocycles. The molecule has 0 aromatic heterocycles.